The van der Waals surface area contributed by atoms with Gasteiger partial charge in [-0.15, -0.1) is 6.58 Å². The number of methoxy groups -OCH3 is 1. The van der Waals surface area contributed by atoms with Gasteiger partial charge in [0.2, 0.25) is 0 Å². The second kappa shape index (κ2) is 5.44. The predicted molar refractivity (Wildman–Crippen MR) is 62.4 cm³/mol. The van der Waals surface area contributed by atoms with Crippen LogP contribution in [0.25, 0.3) is 0 Å². The number of hydrogen-bond acceptors (Lipinski definition) is 2. The highest BCUT2D eigenvalue weighted by atomic mass is 16.5. The Hall–Kier alpha value is -1.44. The predicted octanol–water partition coefficient (Wildman–Crippen LogP) is 3.22. The van der Waals surface area contributed by atoms with Crippen LogP contribution < -0.4 is 9.47 Å². The fraction of sp³-hybridized carbons (Fsp3) is 0.308. The average molecular weight is 205 g/mol. The molecule has 1 aromatic carbocycles. The second-order valence-corrected chi connectivity index (χ2v) is 3.19. The van der Waals surface area contributed by atoms with E-state index in [0.29, 0.717) is 6.61 Å². The zero-order chi connectivity index (χ0) is 11.3. The first-order chi connectivity index (χ1) is 7.22. The van der Waals surface area contributed by atoms with Gasteiger partial charge in [0.05, 0.1) is 13.7 Å². The number of benzene rings is 1. The molecule has 0 amide bonds. The lowest BCUT2D eigenvalue weighted by Crippen LogP contribution is -1.97. The van der Waals surface area contributed by atoms with Crippen LogP contribution in [0.2, 0.25) is 0 Å². The van der Waals surface area contributed by atoms with Crippen molar-refractivity contribution in [1.29, 1.82) is 0 Å². The minimum atomic E-state index is 0.639. The van der Waals surface area contributed by atoms with Crippen LogP contribution in [0.3, 0.4) is 0 Å². The molecule has 1 rings (SSSR count). The quantitative estimate of drug-likeness (QED) is 0.734. The van der Waals surface area contributed by atoms with E-state index in [9.17, 15) is 0 Å². The van der Waals surface area contributed by atoms with Crippen molar-refractivity contribution >= 4 is 0 Å². The summed E-state index contributed by atoms with van der Waals surface area (Å²) in [4.78, 5) is 0. The maximum absolute atomic E-state index is 5.44. The lowest BCUT2D eigenvalue weighted by atomic mass is 10.0. The van der Waals surface area contributed by atoms with Gasteiger partial charge in [-0.2, -0.15) is 0 Å². The average Bonchev–Trinajstić information content (AvgIpc) is 2.29. The fourth-order valence-corrected chi connectivity index (χ4v) is 1.31. The Morgan fingerprint density at radius 3 is 2.67 bits per heavy atom. The minimum Gasteiger partial charge on any atom is -0.493 e. The van der Waals surface area contributed by atoms with E-state index in [1.54, 1.807) is 7.11 Å². The van der Waals surface area contributed by atoms with E-state index < -0.39 is 0 Å². The van der Waals surface area contributed by atoms with Crippen molar-refractivity contribution in [2.24, 2.45) is 0 Å². The zero-order valence-corrected chi connectivity index (χ0v) is 9.54. The summed E-state index contributed by atoms with van der Waals surface area (Å²) in [6, 6.07) is 5.89. The molecule has 0 atom stereocenters. The standard InChI is InChI=1S/C13H17O2/c1-5-10(3)11-7-8-12(15-6-2)13(9-11)14-4/h5,7-9H,1,6H2,2-4H3. The maximum Gasteiger partial charge on any atom is 0.161 e. The third-order valence-electron chi connectivity index (χ3n) is 2.22. The normalized spacial score (nSPS) is 10.1. The first-order valence-electron chi connectivity index (χ1n) is 5.00. The lowest BCUT2D eigenvalue weighted by molar-refractivity contribution is 0.311. The summed E-state index contributed by atoms with van der Waals surface area (Å²) in [5, 5.41) is 0. The first-order valence-corrected chi connectivity index (χ1v) is 5.00. The van der Waals surface area contributed by atoms with Crippen molar-refractivity contribution in [1.82, 2.24) is 0 Å². The molecule has 1 aromatic rings. The zero-order valence-electron chi connectivity index (χ0n) is 9.54. The minimum absolute atomic E-state index is 0.639. The lowest BCUT2D eigenvalue weighted by Gasteiger charge is -2.12. The van der Waals surface area contributed by atoms with Gasteiger partial charge in [-0.1, -0.05) is 19.1 Å². The number of rotatable bonds is 5. The van der Waals surface area contributed by atoms with Crippen LogP contribution in [0.5, 0.6) is 11.5 Å². The number of hydrogen-bond donors (Lipinski definition) is 0. The first kappa shape index (κ1) is 11.6. The summed E-state index contributed by atoms with van der Waals surface area (Å²) >= 11 is 0. The largest absolute Gasteiger partial charge is 0.493 e. The Bertz CT molecular complexity index is 331. The summed E-state index contributed by atoms with van der Waals surface area (Å²) in [6.45, 7) is 8.35. The van der Waals surface area contributed by atoms with E-state index in [2.05, 4.69) is 6.58 Å². The van der Waals surface area contributed by atoms with Crippen molar-refractivity contribution in [3.63, 3.8) is 0 Å². The molecule has 81 valence electrons. The Balaban J connectivity index is 3.01. The molecule has 1 radical (unpaired) electrons. The van der Waals surface area contributed by atoms with Gasteiger partial charge in [0.1, 0.15) is 0 Å². The van der Waals surface area contributed by atoms with Gasteiger partial charge < -0.3 is 9.47 Å². The molecule has 0 aliphatic rings. The monoisotopic (exact) mass is 205 g/mol. The third kappa shape index (κ3) is 2.75. The molecule has 2 nitrogen and oxygen atoms in total. The molecular weight excluding hydrogens is 188 g/mol. The molecule has 0 heterocycles. The topological polar surface area (TPSA) is 18.5 Å². The Morgan fingerprint density at radius 1 is 1.40 bits per heavy atom. The molecule has 2 heteroatoms. The fourth-order valence-electron chi connectivity index (χ4n) is 1.31. The third-order valence-corrected chi connectivity index (χ3v) is 2.22. The van der Waals surface area contributed by atoms with E-state index in [-0.39, 0.29) is 0 Å². The van der Waals surface area contributed by atoms with Gasteiger partial charge in [-0.25, -0.2) is 0 Å². The van der Waals surface area contributed by atoms with Crippen molar-refractivity contribution in [2.45, 2.75) is 13.8 Å². The van der Waals surface area contributed by atoms with Crippen molar-refractivity contribution < 1.29 is 9.47 Å². The van der Waals surface area contributed by atoms with Crippen LogP contribution in [0.1, 0.15) is 19.4 Å². The van der Waals surface area contributed by atoms with Gasteiger partial charge in [0.15, 0.2) is 11.5 Å². The molecule has 0 N–H and O–H groups in total. The van der Waals surface area contributed by atoms with Crippen LogP contribution in [0, 0.1) is 5.92 Å². The second-order valence-electron chi connectivity index (χ2n) is 3.19. The molecule has 0 aliphatic heterocycles. The van der Waals surface area contributed by atoms with Gasteiger partial charge in [0.25, 0.3) is 0 Å². The molecule has 0 aromatic heterocycles. The van der Waals surface area contributed by atoms with Gasteiger partial charge in [-0.3, -0.25) is 0 Å². The Morgan fingerprint density at radius 2 is 2.13 bits per heavy atom. The van der Waals surface area contributed by atoms with Gasteiger partial charge >= 0.3 is 0 Å². The number of ether oxygens (including phenoxy) is 2. The van der Waals surface area contributed by atoms with Crippen molar-refractivity contribution in [3.05, 3.63) is 42.3 Å². The summed E-state index contributed by atoms with van der Waals surface area (Å²) in [5.41, 5.74) is 1.10. The molecule has 0 bridgehead atoms. The molecule has 0 saturated carbocycles. The summed E-state index contributed by atoms with van der Waals surface area (Å²) in [5.74, 6) is 2.66. The highest BCUT2D eigenvalue weighted by molar-refractivity contribution is 5.48. The van der Waals surface area contributed by atoms with Crippen molar-refractivity contribution in [2.75, 3.05) is 13.7 Å². The van der Waals surface area contributed by atoms with Crippen LogP contribution in [0.4, 0.5) is 0 Å². The molecule has 0 saturated heterocycles. The highest BCUT2D eigenvalue weighted by Crippen LogP contribution is 2.30. The number of allylic oxidation sites excluding steroid dienone is 1. The van der Waals surface area contributed by atoms with Crippen molar-refractivity contribution in [3.8, 4) is 11.5 Å². The SMILES string of the molecule is C=C[C](C)c1ccc(OCC)c(OC)c1. The van der Waals surface area contributed by atoms with Crippen LogP contribution in [-0.4, -0.2) is 13.7 Å². The summed E-state index contributed by atoms with van der Waals surface area (Å²) < 4.78 is 10.7. The van der Waals surface area contributed by atoms with Crippen LogP contribution >= 0.6 is 0 Å². The van der Waals surface area contributed by atoms with E-state index in [4.69, 9.17) is 9.47 Å². The van der Waals surface area contributed by atoms with Gasteiger partial charge in [0, 0.05) is 5.92 Å². The van der Waals surface area contributed by atoms with Crippen LogP contribution in [0.15, 0.2) is 30.9 Å². The molecule has 0 spiro atoms. The molecule has 0 unspecified atom stereocenters. The Kier molecular flexibility index (Phi) is 4.22. The highest BCUT2D eigenvalue weighted by Gasteiger charge is 2.08. The van der Waals surface area contributed by atoms with Gasteiger partial charge in [-0.05, 0) is 24.6 Å². The van der Waals surface area contributed by atoms with E-state index >= 15 is 0 Å². The van der Waals surface area contributed by atoms with E-state index in [1.807, 2.05) is 38.1 Å². The smallest absolute Gasteiger partial charge is 0.161 e. The van der Waals surface area contributed by atoms with E-state index in [1.165, 1.54) is 0 Å². The molecule has 15 heavy (non-hydrogen) atoms. The summed E-state index contributed by atoms with van der Waals surface area (Å²) in [6.07, 6.45) is 1.83. The summed E-state index contributed by atoms with van der Waals surface area (Å²) in [7, 11) is 1.64. The maximum atomic E-state index is 5.44. The molecular formula is C13H17O2. The molecule has 0 aliphatic carbocycles. The Labute approximate surface area is 91.5 Å². The van der Waals surface area contributed by atoms with Crippen LogP contribution in [-0.2, 0) is 0 Å². The van der Waals surface area contributed by atoms with E-state index in [0.717, 1.165) is 23.0 Å². The molecule has 0 fully saturated rings.